The quantitative estimate of drug-likeness (QED) is 0.523. The Morgan fingerprint density at radius 2 is 1.75 bits per heavy atom. The van der Waals surface area contributed by atoms with Crippen LogP contribution in [0, 0.1) is 0 Å². The van der Waals surface area contributed by atoms with Crippen LogP contribution in [0.2, 0.25) is 0 Å². The molecule has 0 amide bonds. The second-order valence-electron chi connectivity index (χ2n) is 4.07. The van der Waals surface area contributed by atoms with Crippen molar-refractivity contribution in [1.82, 2.24) is 0 Å². The maximum absolute atomic E-state index is 10.8. The van der Waals surface area contributed by atoms with Gasteiger partial charge in [0.05, 0.1) is 18.8 Å². The molecule has 0 saturated carbocycles. The first-order valence-electron chi connectivity index (χ1n) is 5.64. The molecule has 0 radical (unpaired) electrons. The van der Waals surface area contributed by atoms with E-state index in [4.69, 9.17) is 14.9 Å². The normalized spacial score (nSPS) is 16.6. The number of rotatable bonds is 8. The van der Waals surface area contributed by atoms with Crippen LogP contribution in [0.3, 0.4) is 0 Å². The molecule has 16 heavy (non-hydrogen) atoms. The van der Waals surface area contributed by atoms with Crippen LogP contribution in [0.25, 0.3) is 0 Å². The molecule has 0 saturated heterocycles. The highest BCUT2D eigenvalue weighted by molar-refractivity contribution is 5.73. The summed E-state index contributed by atoms with van der Waals surface area (Å²) in [6.07, 6.45) is 0.344. The molecule has 0 spiro atoms. The van der Waals surface area contributed by atoms with Gasteiger partial charge in [-0.2, -0.15) is 0 Å². The van der Waals surface area contributed by atoms with Gasteiger partial charge in [0.1, 0.15) is 6.10 Å². The largest absolute Gasteiger partial charge is 0.464 e. The summed E-state index contributed by atoms with van der Waals surface area (Å²) in [5.41, 5.74) is 0. The summed E-state index contributed by atoms with van der Waals surface area (Å²) in [6, 6.07) is 0. The zero-order chi connectivity index (χ0) is 12.6. The SMILES string of the molecule is CC(O)CCCC(O)CCOC(=O)C(C)O. The van der Waals surface area contributed by atoms with Gasteiger partial charge in [0.25, 0.3) is 0 Å². The smallest absolute Gasteiger partial charge is 0.334 e. The molecule has 0 fully saturated rings. The Morgan fingerprint density at radius 1 is 1.12 bits per heavy atom. The summed E-state index contributed by atoms with van der Waals surface area (Å²) in [4.78, 5) is 10.8. The van der Waals surface area contributed by atoms with Gasteiger partial charge in [-0.3, -0.25) is 0 Å². The fourth-order valence-corrected chi connectivity index (χ4v) is 1.21. The molecular weight excluding hydrogens is 212 g/mol. The van der Waals surface area contributed by atoms with Crippen molar-refractivity contribution >= 4 is 5.97 Å². The van der Waals surface area contributed by atoms with Crippen molar-refractivity contribution in [1.29, 1.82) is 0 Å². The number of aliphatic hydroxyl groups is 3. The van der Waals surface area contributed by atoms with E-state index in [1.165, 1.54) is 6.92 Å². The Balaban J connectivity index is 3.43. The van der Waals surface area contributed by atoms with Crippen LogP contribution in [0.15, 0.2) is 0 Å². The second kappa shape index (κ2) is 8.50. The van der Waals surface area contributed by atoms with E-state index in [1.54, 1.807) is 6.92 Å². The van der Waals surface area contributed by atoms with Crippen LogP contribution >= 0.6 is 0 Å². The van der Waals surface area contributed by atoms with Crippen molar-refractivity contribution in [3.05, 3.63) is 0 Å². The number of carbonyl (C=O) groups excluding carboxylic acids is 1. The first-order valence-corrected chi connectivity index (χ1v) is 5.64. The summed E-state index contributed by atoms with van der Waals surface area (Å²) < 4.78 is 4.70. The standard InChI is InChI=1S/C11H22O5/c1-8(12)4-3-5-10(14)6-7-16-11(15)9(2)13/h8-10,12-14H,3-7H2,1-2H3. The monoisotopic (exact) mass is 234 g/mol. The number of ether oxygens (including phenoxy) is 1. The van der Waals surface area contributed by atoms with E-state index in [2.05, 4.69) is 0 Å². The molecule has 5 heteroatoms. The third-order valence-corrected chi connectivity index (χ3v) is 2.20. The van der Waals surface area contributed by atoms with Gasteiger partial charge < -0.3 is 20.1 Å². The molecule has 0 aliphatic carbocycles. The van der Waals surface area contributed by atoms with Gasteiger partial charge in [0.2, 0.25) is 0 Å². The molecule has 5 nitrogen and oxygen atoms in total. The summed E-state index contributed by atoms with van der Waals surface area (Å²) in [5, 5.41) is 27.3. The lowest BCUT2D eigenvalue weighted by molar-refractivity contribution is -0.153. The molecular formula is C11H22O5. The lowest BCUT2D eigenvalue weighted by Crippen LogP contribution is -2.21. The molecule has 0 rings (SSSR count). The molecule has 0 heterocycles. The van der Waals surface area contributed by atoms with Crippen LogP contribution in [0.5, 0.6) is 0 Å². The van der Waals surface area contributed by atoms with Gasteiger partial charge in [-0.05, 0) is 33.1 Å². The molecule has 3 unspecified atom stereocenters. The number of hydrogen-bond acceptors (Lipinski definition) is 5. The van der Waals surface area contributed by atoms with E-state index in [1.807, 2.05) is 0 Å². The van der Waals surface area contributed by atoms with Crippen molar-refractivity contribution in [2.45, 2.75) is 57.8 Å². The Hall–Kier alpha value is -0.650. The average molecular weight is 234 g/mol. The predicted molar refractivity (Wildman–Crippen MR) is 58.8 cm³/mol. The molecule has 0 aromatic carbocycles. The van der Waals surface area contributed by atoms with E-state index in [-0.39, 0.29) is 12.7 Å². The van der Waals surface area contributed by atoms with Crippen molar-refractivity contribution in [2.24, 2.45) is 0 Å². The second-order valence-corrected chi connectivity index (χ2v) is 4.07. The van der Waals surface area contributed by atoms with Crippen LogP contribution in [0.1, 0.15) is 39.5 Å². The highest BCUT2D eigenvalue weighted by Crippen LogP contribution is 2.07. The van der Waals surface area contributed by atoms with E-state index in [0.717, 1.165) is 6.42 Å². The Labute approximate surface area is 96.0 Å². The fraction of sp³-hybridized carbons (Fsp3) is 0.909. The zero-order valence-electron chi connectivity index (χ0n) is 9.93. The number of esters is 1. The van der Waals surface area contributed by atoms with Crippen LogP contribution in [0.4, 0.5) is 0 Å². The fourth-order valence-electron chi connectivity index (χ4n) is 1.21. The summed E-state index contributed by atoms with van der Waals surface area (Å²) in [5.74, 6) is -0.670. The van der Waals surface area contributed by atoms with Crippen molar-refractivity contribution in [3.63, 3.8) is 0 Å². The summed E-state index contributed by atoms with van der Waals surface area (Å²) in [6.45, 7) is 3.15. The molecule has 3 atom stereocenters. The third-order valence-electron chi connectivity index (χ3n) is 2.20. The van der Waals surface area contributed by atoms with E-state index in [9.17, 15) is 9.90 Å². The van der Waals surface area contributed by atoms with Crippen molar-refractivity contribution in [3.8, 4) is 0 Å². The van der Waals surface area contributed by atoms with Gasteiger partial charge >= 0.3 is 5.97 Å². The Bertz CT molecular complexity index is 191. The first-order chi connectivity index (χ1) is 7.43. The molecule has 0 aromatic heterocycles. The Morgan fingerprint density at radius 3 is 2.25 bits per heavy atom. The molecule has 96 valence electrons. The van der Waals surface area contributed by atoms with Crippen molar-refractivity contribution in [2.75, 3.05) is 6.61 Å². The average Bonchev–Trinajstić information content (AvgIpc) is 2.16. The van der Waals surface area contributed by atoms with E-state index in [0.29, 0.717) is 19.3 Å². The van der Waals surface area contributed by atoms with Gasteiger partial charge in [0, 0.05) is 6.42 Å². The minimum absolute atomic E-state index is 0.111. The molecule has 0 aliphatic rings. The van der Waals surface area contributed by atoms with Crippen LogP contribution < -0.4 is 0 Å². The predicted octanol–water partition coefficient (Wildman–Crippen LogP) is 0.212. The van der Waals surface area contributed by atoms with E-state index < -0.39 is 18.2 Å². The van der Waals surface area contributed by atoms with Crippen LogP contribution in [-0.4, -0.2) is 46.2 Å². The summed E-state index contributed by atoms with van der Waals surface area (Å²) in [7, 11) is 0. The summed E-state index contributed by atoms with van der Waals surface area (Å²) >= 11 is 0. The maximum atomic E-state index is 10.8. The highest BCUT2D eigenvalue weighted by atomic mass is 16.5. The minimum atomic E-state index is -1.12. The van der Waals surface area contributed by atoms with Crippen LogP contribution in [-0.2, 0) is 9.53 Å². The van der Waals surface area contributed by atoms with Gasteiger partial charge in [-0.25, -0.2) is 4.79 Å². The van der Waals surface area contributed by atoms with Gasteiger partial charge in [-0.15, -0.1) is 0 Å². The number of hydrogen-bond donors (Lipinski definition) is 3. The van der Waals surface area contributed by atoms with E-state index >= 15 is 0 Å². The highest BCUT2D eigenvalue weighted by Gasteiger charge is 2.11. The van der Waals surface area contributed by atoms with Crippen molar-refractivity contribution < 1.29 is 24.9 Å². The molecule has 0 bridgehead atoms. The van der Waals surface area contributed by atoms with Gasteiger partial charge in [-0.1, -0.05) is 0 Å². The molecule has 0 aromatic rings. The lowest BCUT2D eigenvalue weighted by atomic mass is 10.1. The number of aliphatic hydroxyl groups excluding tert-OH is 3. The first kappa shape index (κ1) is 15.3. The lowest BCUT2D eigenvalue weighted by Gasteiger charge is -2.12. The minimum Gasteiger partial charge on any atom is -0.464 e. The Kier molecular flexibility index (Phi) is 8.15. The molecule has 0 aliphatic heterocycles. The number of carbonyl (C=O) groups is 1. The topological polar surface area (TPSA) is 87.0 Å². The third kappa shape index (κ3) is 8.64. The van der Waals surface area contributed by atoms with Gasteiger partial charge in [0.15, 0.2) is 0 Å². The maximum Gasteiger partial charge on any atom is 0.334 e. The molecule has 3 N–H and O–H groups in total. The zero-order valence-corrected chi connectivity index (χ0v) is 9.93.